The van der Waals surface area contributed by atoms with E-state index in [9.17, 15) is 24.0 Å². The van der Waals surface area contributed by atoms with Crippen LogP contribution in [-0.4, -0.2) is 86.8 Å². The van der Waals surface area contributed by atoms with Gasteiger partial charge < -0.3 is 48.6 Å². The molecule has 0 saturated carbocycles. The Morgan fingerprint density at radius 3 is 1.80 bits per heavy atom. The minimum atomic E-state index is -1.29. The monoisotopic (exact) mass is 771 g/mol. The van der Waals surface area contributed by atoms with Crippen molar-refractivity contribution in [3.05, 3.63) is 102 Å². The van der Waals surface area contributed by atoms with E-state index in [-0.39, 0.29) is 25.7 Å². The van der Waals surface area contributed by atoms with Crippen LogP contribution in [0.1, 0.15) is 56.9 Å². The summed E-state index contributed by atoms with van der Waals surface area (Å²) in [6.07, 6.45) is 4.66. The van der Waals surface area contributed by atoms with Gasteiger partial charge in [0, 0.05) is 38.1 Å². The molecule has 0 fully saturated rings. The van der Waals surface area contributed by atoms with Gasteiger partial charge in [0.05, 0.1) is 11.9 Å². The number of H-pyrrole nitrogens is 1. The fourth-order valence-electron chi connectivity index (χ4n) is 5.63. The quantitative estimate of drug-likeness (QED) is 0.0610. The maximum Gasteiger partial charge on any atom is 0.300 e. The summed E-state index contributed by atoms with van der Waals surface area (Å²) in [7, 11) is 0. The van der Waals surface area contributed by atoms with E-state index < -0.39 is 65.2 Å². The number of aromatic nitrogens is 2. The van der Waals surface area contributed by atoms with Gasteiger partial charge >= 0.3 is 0 Å². The molecular formula is C40H53N9O7. The first kappa shape index (κ1) is 44.3. The summed E-state index contributed by atoms with van der Waals surface area (Å²) in [4.78, 5) is 83.2. The van der Waals surface area contributed by atoms with E-state index in [4.69, 9.17) is 27.1 Å². The van der Waals surface area contributed by atoms with Crippen molar-refractivity contribution >= 4 is 46.3 Å². The van der Waals surface area contributed by atoms with Gasteiger partial charge in [0.2, 0.25) is 29.5 Å². The predicted molar refractivity (Wildman–Crippen MR) is 211 cm³/mol. The SMILES string of the molecule is CC(=O)O.CC(C)(N)C(=O)N[C@@H](Cc1cnc[nH]1)C(=O)N[C@H](Cc1ccc2ccccc2c1)C(=O)N[C@H](Cc1ccccc1)C(=O)N[C@@H](CCCCN)C(N)=O. The first-order chi connectivity index (χ1) is 26.6. The molecule has 300 valence electrons. The van der Waals surface area contributed by atoms with Crippen LogP contribution in [0.3, 0.4) is 0 Å². The fraction of sp³-hybridized carbons (Fsp3) is 0.375. The van der Waals surface area contributed by atoms with Crippen molar-refractivity contribution in [2.45, 2.75) is 89.0 Å². The lowest BCUT2D eigenvalue weighted by Crippen LogP contribution is -2.60. The zero-order valence-corrected chi connectivity index (χ0v) is 31.9. The Morgan fingerprint density at radius 1 is 0.732 bits per heavy atom. The smallest absolute Gasteiger partial charge is 0.300 e. The molecule has 16 nitrogen and oxygen atoms in total. The number of carbonyl (C=O) groups excluding carboxylic acids is 5. The van der Waals surface area contributed by atoms with Gasteiger partial charge in [0.15, 0.2) is 0 Å². The molecule has 0 unspecified atom stereocenters. The van der Waals surface area contributed by atoms with E-state index in [1.807, 2.05) is 72.8 Å². The van der Waals surface area contributed by atoms with Crippen molar-refractivity contribution in [3.8, 4) is 0 Å². The number of amides is 5. The highest BCUT2D eigenvalue weighted by atomic mass is 16.4. The standard InChI is InChI=1S/C38H49N9O5.C2H4O2/c1-38(2,41)37(52)47-32(21-28-22-42-23-43-28)36(51)46-31(20-25-15-16-26-12-6-7-13-27(26)18-25)35(50)45-30(19-24-10-4-3-5-11-24)34(49)44-29(33(40)48)14-8-9-17-39;1-2(3)4/h3-7,10-13,15-16,18,22-23,29-32H,8-9,14,17,19-21,39,41H2,1-2H3,(H2,40,48)(H,42,43)(H,44,49)(H,45,50)(H,46,51)(H,47,52);1H3,(H,3,4)/t29-,30+,31+,32-;/m0./s1. The lowest BCUT2D eigenvalue weighted by Gasteiger charge is -2.27. The number of benzene rings is 3. The lowest BCUT2D eigenvalue weighted by molar-refractivity contribution is -0.135. The summed E-state index contributed by atoms with van der Waals surface area (Å²) in [5.41, 5.74) is 18.0. The third kappa shape index (κ3) is 14.9. The van der Waals surface area contributed by atoms with E-state index in [1.165, 1.54) is 26.4 Å². The summed E-state index contributed by atoms with van der Waals surface area (Å²) < 4.78 is 0. The second-order valence-electron chi connectivity index (χ2n) is 14.0. The predicted octanol–water partition coefficient (Wildman–Crippen LogP) is 0.973. The molecule has 0 aliphatic rings. The van der Waals surface area contributed by atoms with Gasteiger partial charge in [-0.1, -0.05) is 72.8 Å². The minimum Gasteiger partial charge on any atom is -0.481 e. The Labute approximate surface area is 325 Å². The van der Waals surface area contributed by atoms with Gasteiger partial charge in [-0.05, 0) is 61.6 Å². The number of aromatic amines is 1. The number of aliphatic carboxylic acids is 1. The summed E-state index contributed by atoms with van der Waals surface area (Å²) in [5.74, 6) is -4.02. The van der Waals surface area contributed by atoms with Crippen LogP contribution in [-0.2, 0) is 48.0 Å². The summed E-state index contributed by atoms with van der Waals surface area (Å²) >= 11 is 0. The number of nitrogens with two attached hydrogens (primary N) is 3. The number of unbranched alkanes of at least 4 members (excludes halogenated alkanes) is 1. The van der Waals surface area contributed by atoms with Crippen LogP contribution in [0.5, 0.6) is 0 Å². The Kier molecular flexibility index (Phi) is 17.1. The molecule has 0 aliphatic heterocycles. The van der Waals surface area contributed by atoms with Crippen LogP contribution < -0.4 is 38.5 Å². The fourth-order valence-corrected chi connectivity index (χ4v) is 5.63. The van der Waals surface area contributed by atoms with E-state index in [1.54, 1.807) is 0 Å². The number of carboxylic acids is 1. The van der Waals surface area contributed by atoms with Crippen LogP contribution in [0.2, 0.25) is 0 Å². The van der Waals surface area contributed by atoms with Gasteiger partial charge in [-0.2, -0.15) is 0 Å². The molecule has 12 N–H and O–H groups in total. The van der Waals surface area contributed by atoms with E-state index in [0.29, 0.717) is 25.1 Å². The second kappa shape index (κ2) is 21.7. The normalized spacial score (nSPS) is 13.2. The highest BCUT2D eigenvalue weighted by Crippen LogP contribution is 2.17. The molecule has 16 heteroatoms. The third-order valence-corrected chi connectivity index (χ3v) is 8.60. The molecule has 1 aromatic heterocycles. The Morgan fingerprint density at radius 2 is 1.27 bits per heavy atom. The number of primary amides is 1. The molecule has 0 bridgehead atoms. The van der Waals surface area contributed by atoms with Crippen molar-refractivity contribution in [1.29, 1.82) is 0 Å². The number of fused-ring (bicyclic) bond motifs is 1. The van der Waals surface area contributed by atoms with Crippen LogP contribution in [0.4, 0.5) is 0 Å². The lowest BCUT2D eigenvalue weighted by atomic mass is 9.99. The molecule has 0 saturated heterocycles. The highest BCUT2D eigenvalue weighted by molar-refractivity contribution is 5.96. The number of carbonyl (C=O) groups is 6. The second-order valence-corrected chi connectivity index (χ2v) is 14.0. The number of rotatable bonds is 19. The van der Waals surface area contributed by atoms with Crippen molar-refractivity contribution in [2.75, 3.05) is 6.54 Å². The zero-order chi connectivity index (χ0) is 41.3. The number of nitrogens with one attached hydrogen (secondary N) is 5. The Balaban J connectivity index is 0.00000200. The largest absolute Gasteiger partial charge is 0.481 e. The summed E-state index contributed by atoms with van der Waals surface area (Å²) in [6, 6.07) is 18.1. The van der Waals surface area contributed by atoms with Crippen LogP contribution >= 0.6 is 0 Å². The van der Waals surface area contributed by atoms with E-state index in [2.05, 4.69) is 31.2 Å². The molecule has 0 radical (unpaired) electrons. The molecule has 3 aromatic carbocycles. The van der Waals surface area contributed by atoms with Crippen LogP contribution in [0.25, 0.3) is 10.8 Å². The van der Waals surface area contributed by atoms with Crippen molar-refractivity contribution in [3.63, 3.8) is 0 Å². The topological polar surface area (TPSA) is 278 Å². The number of hydrogen-bond acceptors (Lipinski definition) is 9. The van der Waals surface area contributed by atoms with E-state index >= 15 is 0 Å². The zero-order valence-electron chi connectivity index (χ0n) is 31.9. The van der Waals surface area contributed by atoms with Gasteiger partial charge in [0.1, 0.15) is 24.2 Å². The molecule has 1 heterocycles. The van der Waals surface area contributed by atoms with Gasteiger partial charge in [-0.25, -0.2) is 4.98 Å². The molecule has 4 atom stereocenters. The molecule has 0 aliphatic carbocycles. The molecule has 0 spiro atoms. The molecule has 5 amide bonds. The maximum absolute atomic E-state index is 14.3. The van der Waals surface area contributed by atoms with Gasteiger partial charge in [-0.3, -0.25) is 28.8 Å². The molecule has 4 aromatic rings. The minimum absolute atomic E-state index is 0.0374. The van der Waals surface area contributed by atoms with Crippen molar-refractivity contribution < 1.29 is 33.9 Å². The average molecular weight is 772 g/mol. The maximum atomic E-state index is 14.3. The number of imidazole rings is 1. The van der Waals surface area contributed by atoms with Gasteiger partial charge in [0.25, 0.3) is 5.97 Å². The van der Waals surface area contributed by atoms with Crippen LogP contribution in [0.15, 0.2) is 85.3 Å². The van der Waals surface area contributed by atoms with Crippen molar-refractivity contribution in [2.24, 2.45) is 17.2 Å². The summed E-state index contributed by atoms with van der Waals surface area (Å²) in [6.45, 7) is 4.54. The number of carboxylic acid groups (broad SMARTS) is 1. The third-order valence-electron chi connectivity index (χ3n) is 8.60. The Bertz CT molecular complexity index is 1910. The first-order valence-corrected chi connectivity index (χ1v) is 18.3. The number of hydrogen-bond donors (Lipinski definition) is 9. The number of nitrogens with zero attached hydrogens (tertiary/aromatic N) is 1. The molecular weight excluding hydrogens is 718 g/mol. The Hall–Kier alpha value is -6.13. The van der Waals surface area contributed by atoms with Crippen molar-refractivity contribution in [1.82, 2.24) is 31.2 Å². The highest BCUT2D eigenvalue weighted by Gasteiger charge is 2.33. The molecule has 4 rings (SSSR count). The summed E-state index contributed by atoms with van der Waals surface area (Å²) in [5, 5.41) is 20.4. The first-order valence-electron chi connectivity index (χ1n) is 18.3. The van der Waals surface area contributed by atoms with Gasteiger partial charge in [-0.15, -0.1) is 0 Å². The average Bonchev–Trinajstić information content (AvgIpc) is 3.66. The molecule has 56 heavy (non-hydrogen) atoms. The van der Waals surface area contributed by atoms with E-state index in [0.717, 1.165) is 28.8 Å². The van der Waals surface area contributed by atoms with Crippen LogP contribution in [0, 0.1) is 0 Å².